The number of nitrogens with one attached hydrogen (secondary N) is 1. The first-order valence-corrected chi connectivity index (χ1v) is 6.07. The monoisotopic (exact) mass is 203 g/mol. The summed E-state index contributed by atoms with van der Waals surface area (Å²) in [5, 5.41) is 3.62. The normalized spacial score (nSPS) is 16.9. The van der Waals surface area contributed by atoms with Crippen molar-refractivity contribution in [3.8, 4) is 0 Å². The third-order valence-corrected chi connectivity index (χ3v) is 3.52. The molecule has 82 valence electrons. The van der Waals surface area contributed by atoms with Gasteiger partial charge in [-0.2, -0.15) is 0 Å². The second-order valence-electron chi connectivity index (χ2n) is 4.80. The second-order valence-corrected chi connectivity index (χ2v) is 4.80. The summed E-state index contributed by atoms with van der Waals surface area (Å²) < 4.78 is 0. The van der Waals surface area contributed by atoms with Crippen LogP contribution in [0.3, 0.4) is 0 Å². The fourth-order valence-corrected chi connectivity index (χ4v) is 2.55. The molecule has 0 aromatic heterocycles. The Morgan fingerprint density at radius 1 is 1.13 bits per heavy atom. The summed E-state index contributed by atoms with van der Waals surface area (Å²) in [6, 6.07) is 6.50. The summed E-state index contributed by atoms with van der Waals surface area (Å²) in [4.78, 5) is 0. The van der Waals surface area contributed by atoms with E-state index in [9.17, 15) is 0 Å². The van der Waals surface area contributed by atoms with Crippen molar-refractivity contribution in [1.82, 2.24) is 0 Å². The Morgan fingerprint density at radius 3 is 2.33 bits per heavy atom. The maximum atomic E-state index is 3.62. The molecule has 1 aromatic carbocycles. The Hall–Kier alpha value is -0.980. The Kier molecular flexibility index (Phi) is 3.30. The van der Waals surface area contributed by atoms with E-state index in [4.69, 9.17) is 0 Å². The van der Waals surface area contributed by atoms with E-state index in [1.807, 2.05) is 0 Å². The quantitative estimate of drug-likeness (QED) is 0.785. The predicted molar refractivity (Wildman–Crippen MR) is 66.4 cm³/mol. The Morgan fingerprint density at radius 2 is 1.73 bits per heavy atom. The van der Waals surface area contributed by atoms with Crippen molar-refractivity contribution in [2.24, 2.45) is 5.92 Å². The van der Waals surface area contributed by atoms with Crippen molar-refractivity contribution in [3.63, 3.8) is 0 Å². The van der Waals surface area contributed by atoms with Crippen LogP contribution in [-0.4, -0.2) is 6.54 Å². The summed E-state index contributed by atoms with van der Waals surface area (Å²) in [5.74, 6) is 0.906. The van der Waals surface area contributed by atoms with E-state index in [2.05, 4.69) is 37.4 Å². The molecule has 0 amide bonds. The van der Waals surface area contributed by atoms with Gasteiger partial charge in [-0.25, -0.2) is 0 Å². The molecule has 2 rings (SSSR count). The lowest BCUT2D eigenvalue weighted by Crippen LogP contribution is -2.12. The van der Waals surface area contributed by atoms with Gasteiger partial charge in [0.1, 0.15) is 0 Å². The molecule has 0 aliphatic heterocycles. The molecule has 1 aliphatic rings. The van der Waals surface area contributed by atoms with E-state index in [1.54, 1.807) is 0 Å². The topological polar surface area (TPSA) is 12.0 Å². The highest BCUT2D eigenvalue weighted by atomic mass is 14.9. The molecular weight excluding hydrogens is 182 g/mol. The van der Waals surface area contributed by atoms with Gasteiger partial charge in [0.15, 0.2) is 0 Å². The van der Waals surface area contributed by atoms with Crippen molar-refractivity contribution < 1.29 is 0 Å². The average Bonchev–Trinajstić information content (AvgIpc) is 2.70. The fraction of sp³-hybridized carbons (Fsp3) is 0.571. The van der Waals surface area contributed by atoms with E-state index in [1.165, 1.54) is 42.5 Å². The number of rotatable bonds is 3. The average molecular weight is 203 g/mol. The molecule has 0 saturated heterocycles. The van der Waals surface area contributed by atoms with Crippen LogP contribution >= 0.6 is 0 Å². The number of aryl methyl sites for hydroxylation is 2. The first kappa shape index (κ1) is 10.5. The summed E-state index contributed by atoms with van der Waals surface area (Å²) >= 11 is 0. The highest BCUT2D eigenvalue weighted by Crippen LogP contribution is 2.26. The van der Waals surface area contributed by atoms with E-state index in [0.717, 1.165) is 12.5 Å². The van der Waals surface area contributed by atoms with Crippen LogP contribution in [0.1, 0.15) is 36.8 Å². The van der Waals surface area contributed by atoms with Gasteiger partial charge in [0.05, 0.1) is 0 Å². The number of hydrogen-bond acceptors (Lipinski definition) is 1. The van der Waals surface area contributed by atoms with Gasteiger partial charge < -0.3 is 5.32 Å². The molecule has 1 heteroatoms. The van der Waals surface area contributed by atoms with Crippen molar-refractivity contribution in [2.75, 3.05) is 11.9 Å². The van der Waals surface area contributed by atoms with Gasteiger partial charge in [-0.15, -0.1) is 0 Å². The van der Waals surface area contributed by atoms with Crippen molar-refractivity contribution in [1.29, 1.82) is 0 Å². The molecule has 0 atom stereocenters. The van der Waals surface area contributed by atoms with Crippen molar-refractivity contribution in [2.45, 2.75) is 39.5 Å². The SMILES string of the molecule is Cc1cccc(C)c1NCC1CCCC1. The summed E-state index contributed by atoms with van der Waals surface area (Å²) in [6.45, 7) is 5.53. The van der Waals surface area contributed by atoms with Crippen LogP contribution in [0.25, 0.3) is 0 Å². The highest BCUT2D eigenvalue weighted by molar-refractivity contribution is 5.56. The third kappa shape index (κ3) is 2.53. The standard InChI is InChI=1S/C14H21N/c1-11-6-5-7-12(2)14(11)15-10-13-8-3-4-9-13/h5-7,13,15H,3-4,8-10H2,1-2H3. The van der Waals surface area contributed by atoms with Gasteiger partial charge in [0.25, 0.3) is 0 Å². The Bertz CT molecular complexity index is 304. The first-order chi connectivity index (χ1) is 7.27. The van der Waals surface area contributed by atoms with Gasteiger partial charge in [0, 0.05) is 12.2 Å². The molecule has 0 unspecified atom stereocenters. The van der Waals surface area contributed by atoms with Crippen LogP contribution in [0.2, 0.25) is 0 Å². The molecule has 15 heavy (non-hydrogen) atoms. The lowest BCUT2D eigenvalue weighted by atomic mass is 10.1. The summed E-state index contributed by atoms with van der Waals surface area (Å²) in [6.07, 6.45) is 5.69. The van der Waals surface area contributed by atoms with Crippen LogP contribution in [0.15, 0.2) is 18.2 Å². The molecule has 1 saturated carbocycles. The van der Waals surface area contributed by atoms with Crippen LogP contribution in [-0.2, 0) is 0 Å². The van der Waals surface area contributed by atoms with E-state index < -0.39 is 0 Å². The molecule has 0 radical (unpaired) electrons. The van der Waals surface area contributed by atoms with Crippen molar-refractivity contribution in [3.05, 3.63) is 29.3 Å². The molecule has 1 aromatic rings. The minimum Gasteiger partial charge on any atom is -0.384 e. The highest BCUT2D eigenvalue weighted by Gasteiger charge is 2.14. The van der Waals surface area contributed by atoms with E-state index >= 15 is 0 Å². The Labute approximate surface area is 92.9 Å². The maximum Gasteiger partial charge on any atom is 0.0399 e. The second kappa shape index (κ2) is 4.69. The minimum absolute atomic E-state index is 0.906. The molecule has 1 N–H and O–H groups in total. The van der Waals surface area contributed by atoms with E-state index in [0.29, 0.717) is 0 Å². The lowest BCUT2D eigenvalue weighted by Gasteiger charge is -2.15. The van der Waals surface area contributed by atoms with Crippen LogP contribution in [0.5, 0.6) is 0 Å². The first-order valence-electron chi connectivity index (χ1n) is 6.07. The fourth-order valence-electron chi connectivity index (χ4n) is 2.55. The zero-order valence-corrected chi connectivity index (χ0v) is 9.84. The maximum absolute atomic E-state index is 3.62. The molecule has 0 bridgehead atoms. The smallest absolute Gasteiger partial charge is 0.0399 e. The molecule has 1 fully saturated rings. The zero-order valence-electron chi connectivity index (χ0n) is 9.84. The number of benzene rings is 1. The summed E-state index contributed by atoms with van der Waals surface area (Å²) in [7, 11) is 0. The van der Waals surface area contributed by atoms with Crippen LogP contribution in [0.4, 0.5) is 5.69 Å². The Balaban J connectivity index is 1.97. The largest absolute Gasteiger partial charge is 0.384 e. The molecule has 1 nitrogen and oxygen atoms in total. The molecular formula is C14H21N. The van der Waals surface area contributed by atoms with Gasteiger partial charge in [0.2, 0.25) is 0 Å². The molecule has 0 spiro atoms. The van der Waals surface area contributed by atoms with Crippen molar-refractivity contribution >= 4 is 5.69 Å². The number of hydrogen-bond donors (Lipinski definition) is 1. The number of para-hydroxylation sites is 1. The number of anilines is 1. The van der Waals surface area contributed by atoms with Gasteiger partial charge >= 0.3 is 0 Å². The minimum atomic E-state index is 0.906. The van der Waals surface area contributed by atoms with Crippen LogP contribution < -0.4 is 5.32 Å². The summed E-state index contributed by atoms with van der Waals surface area (Å²) in [5.41, 5.74) is 4.09. The lowest BCUT2D eigenvalue weighted by molar-refractivity contribution is 0.579. The zero-order chi connectivity index (χ0) is 10.7. The van der Waals surface area contributed by atoms with Gasteiger partial charge in [-0.05, 0) is 43.7 Å². The van der Waals surface area contributed by atoms with Gasteiger partial charge in [-0.3, -0.25) is 0 Å². The molecule has 1 aliphatic carbocycles. The van der Waals surface area contributed by atoms with Gasteiger partial charge in [-0.1, -0.05) is 31.0 Å². The third-order valence-electron chi connectivity index (χ3n) is 3.52. The predicted octanol–water partition coefficient (Wildman–Crippen LogP) is 3.91. The van der Waals surface area contributed by atoms with Crippen LogP contribution in [0, 0.1) is 19.8 Å². The van der Waals surface area contributed by atoms with E-state index in [-0.39, 0.29) is 0 Å². The molecule has 0 heterocycles.